The lowest BCUT2D eigenvalue weighted by molar-refractivity contribution is 0.172. The maximum absolute atomic E-state index is 5.23. The van der Waals surface area contributed by atoms with E-state index >= 15 is 0 Å². The smallest absolute Gasteiger partial charge is 0.118 e. The van der Waals surface area contributed by atoms with Crippen LogP contribution in [0.2, 0.25) is 0 Å². The molecule has 2 unspecified atom stereocenters. The lowest BCUT2D eigenvalue weighted by atomic mass is 9.99. The molecule has 0 aliphatic heterocycles. The van der Waals surface area contributed by atoms with Crippen LogP contribution in [0.5, 0.6) is 5.75 Å². The monoisotopic (exact) mass is 262 g/mol. The molecule has 1 aromatic carbocycles. The summed E-state index contributed by atoms with van der Waals surface area (Å²) in [6.45, 7) is 5.71. The van der Waals surface area contributed by atoms with Gasteiger partial charge >= 0.3 is 0 Å². The van der Waals surface area contributed by atoms with Crippen LogP contribution in [0.3, 0.4) is 0 Å². The van der Waals surface area contributed by atoms with Crippen LogP contribution in [0, 0.1) is 0 Å². The van der Waals surface area contributed by atoms with E-state index in [4.69, 9.17) is 4.74 Å². The molecule has 1 saturated carbocycles. The Morgan fingerprint density at radius 3 is 2.37 bits per heavy atom. The molecule has 2 rings (SSSR count). The average Bonchev–Trinajstić information content (AvgIpc) is 3.26. The van der Waals surface area contributed by atoms with E-state index in [2.05, 4.69) is 36.2 Å². The van der Waals surface area contributed by atoms with Gasteiger partial charge in [0.2, 0.25) is 0 Å². The zero-order chi connectivity index (χ0) is 13.8. The Labute approximate surface area is 116 Å². The maximum atomic E-state index is 5.23. The lowest BCUT2D eigenvalue weighted by Gasteiger charge is -2.34. The normalized spacial score (nSPS) is 18.4. The third-order valence-corrected chi connectivity index (χ3v) is 4.17. The van der Waals surface area contributed by atoms with Gasteiger partial charge in [0.05, 0.1) is 7.11 Å². The molecule has 0 aromatic heterocycles. The Morgan fingerprint density at radius 2 is 1.95 bits per heavy atom. The van der Waals surface area contributed by atoms with Crippen LogP contribution < -0.4 is 10.1 Å². The molecular weight excluding hydrogens is 236 g/mol. The molecule has 3 nitrogen and oxygen atoms in total. The third-order valence-electron chi connectivity index (χ3n) is 4.17. The highest BCUT2D eigenvalue weighted by atomic mass is 16.5. The number of hydrogen-bond acceptors (Lipinski definition) is 3. The van der Waals surface area contributed by atoms with Crippen LogP contribution in [0.25, 0.3) is 0 Å². The number of nitrogens with zero attached hydrogens (tertiary/aromatic N) is 1. The Morgan fingerprint density at radius 1 is 1.32 bits per heavy atom. The second-order valence-electron chi connectivity index (χ2n) is 5.34. The second kappa shape index (κ2) is 6.40. The summed E-state index contributed by atoms with van der Waals surface area (Å²) in [6.07, 6.45) is 2.72. The molecule has 0 amide bonds. The predicted molar refractivity (Wildman–Crippen MR) is 79.7 cm³/mol. The third kappa shape index (κ3) is 3.28. The van der Waals surface area contributed by atoms with Crippen LogP contribution in [-0.2, 0) is 0 Å². The molecule has 0 saturated heterocycles. The van der Waals surface area contributed by atoms with Gasteiger partial charge in [-0.2, -0.15) is 0 Å². The molecule has 106 valence electrons. The highest BCUT2D eigenvalue weighted by molar-refractivity contribution is 5.30. The zero-order valence-electron chi connectivity index (χ0n) is 12.5. The number of methoxy groups -OCH3 is 1. The van der Waals surface area contributed by atoms with Crippen molar-refractivity contribution in [3.63, 3.8) is 0 Å². The molecular formula is C16H26N2O. The van der Waals surface area contributed by atoms with E-state index in [0.29, 0.717) is 12.1 Å². The summed E-state index contributed by atoms with van der Waals surface area (Å²) in [5.74, 6) is 0.917. The first kappa shape index (κ1) is 14.4. The van der Waals surface area contributed by atoms with Gasteiger partial charge in [0, 0.05) is 18.1 Å². The van der Waals surface area contributed by atoms with Crippen LogP contribution in [0.1, 0.15) is 38.3 Å². The SMILES string of the molecule is CCN(C1CC1)C(C)C(NC)c1ccc(OC)cc1. The number of nitrogens with one attached hydrogen (secondary N) is 1. The van der Waals surface area contributed by atoms with Crippen LogP contribution >= 0.6 is 0 Å². The molecule has 1 aliphatic carbocycles. The molecule has 19 heavy (non-hydrogen) atoms. The summed E-state index contributed by atoms with van der Waals surface area (Å²) in [6, 6.07) is 10.1. The molecule has 1 aromatic rings. The molecule has 1 N–H and O–H groups in total. The lowest BCUT2D eigenvalue weighted by Crippen LogP contribution is -2.43. The summed E-state index contributed by atoms with van der Waals surface area (Å²) >= 11 is 0. The van der Waals surface area contributed by atoms with Crippen molar-refractivity contribution >= 4 is 0 Å². The van der Waals surface area contributed by atoms with Gasteiger partial charge in [0.15, 0.2) is 0 Å². The summed E-state index contributed by atoms with van der Waals surface area (Å²) < 4.78 is 5.23. The van der Waals surface area contributed by atoms with Gasteiger partial charge in [-0.15, -0.1) is 0 Å². The Balaban J connectivity index is 2.12. The van der Waals surface area contributed by atoms with E-state index in [1.54, 1.807) is 7.11 Å². The van der Waals surface area contributed by atoms with Crippen LogP contribution in [-0.4, -0.2) is 37.7 Å². The van der Waals surface area contributed by atoms with Crippen LogP contribution in [0.15, 0.2) is 24.3 Å². The molecule has 3 heteroatoms. The highest BCUT2D eigenvalue weighted by Crippen LogP contribution is 2.32. The predicted octanol–water partition coefficient (Wildman–Crippen LogP) is 2.83. The number of likely N-dealkylation sites (N-methyl/N-ethyl adjacent to an activating group) is 2. The van der Waals surface area contributed by atoms with E-state index in [1.807, 2.05) is 19.2 Å². The largest absolute Gasteiger partial charge is 0.497 e. The van der Waals surface area contributed by atoms with Crippen molar-refractivity contribution in [2.24, 2.45) is 0 Å². The molecule has 1 fully saturated rings. The van der Waals surface area contributed by atoms with Gasteiger partial charge in [0.25, 0.3) is 0 Å². The standard InChI is InChI=1S/C16H26N2O/c1-5-18(14-8-9-14)12(2)16(17-3)13-6-10-15(19-4)11-7-13/h6-7,10-12,14,16-17H,5,8-9H2,1-4H3. The van der Waals surface area contributed by atoms with E-state index < -0.39 is 0 Å². The van der Waals surface area contributed by atoms with Crippen molar-refractivity contribution < 1.29 is 4.74 Å². The van der Waals surface area contributed by atoms with Gasteiger partial charge in [-0.1, -0.05) is 19.1 Å². The van der Waals surface area contributed by atoms with Gasteiger partial charge in [-0.25, -0.2) is 0 Å². The molecule has 0 radical (unpaired) electrons. The van der Waals surface area contributed by atoms with E-state index in [9.17, 15) is 0 Å². The fourth-order valence-corrected chi connectivity index (χ4v) is 2.97. The maximum Gasteiger partial charge on any atom is 0.118 e. The average molecular weight is 262 g/mol. The van der Waals surface area contributed by atoms with Crippen molar-refractivity contribution in [2.75, 3.05) is 20.7 Å². The number of hydrogen-bond donors (Lipinski definition) is 1. The minimum Gasteiger partial charge on any atom is -0.497 e. The molecule has 1 aliphatic rings. The highest BCUT2D eigenvalue weighted by Gasteiger charge is 2.34. The first-order chi connectivity index (χ1) is 9.21. The molecule has 0 bridgehead atoms. The second-order valence-corrected chi connectivity index (χ2v) is 5.34. The van der Waals surface area contributed by atoms with Crippen molar-refractivity contribution in [1.82, 2.24) is 10.2 Å². The Hall–Kier alpha value is -1.06. The number of benzene rings is 1. The quantitative estimate of drug-likeness (QED) is 0.818. The fraction of sp³-hybridized carbons (Fsp3) is 0.625. The van der Waals surface area contributed by atoms with Crippen molar-refractivity contribution in [2.45, 2.75) is 44.8 Å². The number of rotatable bonds is 7. The first-order valence-electron chi connectivity index (χ1n) is 7.28. The van der Waals surface area contributed by atoms with Crippen molar-refractivity contribution in [1.29, 1.82) is 0 Å². The first-order valence-corrected chi connectivity index (χ1v) is 7.28. The topological polar surface area (TPSA) is 24.5 Å². The Bertz CT molecular complexity index is 386. The molecule has 0 heterocycles. The summed E-state index contributed by atoms with van der Waals surface area (Å²) in [4.78, 5) is 2.62. The van der Waals surface area contributed by atoms with Crippen molar-refractivity contribution in [3.8, 4) is 5.75 Å². The van der Waals surface area contributed by atoms with Gasteiger partial charge in [0.1, 0.15) is 5.75 Å². The van der Waals surface area contributed by atoms with E-state index in [1.165, 1.54) is 18.4 Å². The fourth-order valence-electron chi connectivity index (χ4n) is 2.97. The van der Waals surface area contributed by atoms with Gasteiger partial charge < -0.3 is 10.1 Å². The summed E-state index contributed by atoms with van der Waals surface area (Å²) in [5, 5.41) is 3.47. The minimum atomic E-state index is 0.367. The minimum absolute atomic E-state index is 0.367. The van der Waals surface area contributed by atoms with Gasteiger partial charge in [-0.05, 0) is 51.1 Å². The zero-order valence-corrected chi connectivity index (χ0v) is 12.5. The van der Waals surface area contributed by atoms with Crippen molar-refractivity contribution in [3.05, 3.63) is 29.8 Å². The summed E-state index contributed by atoms with van der Waals surface area (Å²) in [7, 11) is 3.76. The van der Waals surface area contributed by atoms with E-state index in [0.717, 1.165) is 18.3 Å². The number of ether oxygens (including phenoxy) is 1. The molecule has 2 atom stereocenters. The van der Waals surface area contributed by atoms with Crippen LogP contribution in [0.4, 0.5) is 0 Å². The summed E-state index contributed by atoms with van der Waals surface area (Å²) in [5.41, 5.74) is 1.33. The molecule has 0 spiro atoms. The Kier molecular flexibility index (Phi) is 4.83. The van der Waals surface area contributed by atoms with E-state index in [-0.39, 0.29) is 0 Å². The van der Waals surface area contributed by atoms with Gasteiger partial charge in [-0.3, -0.25) is 4.90 Å².